The van der Waals surface area contributed by atoms with Crippen LogP contribution in [0.3, 0.4) is 0 Å². The molecule has 3 rings (SSSR count). The van der Waals surface area contributed by atoms with E-state index in [4.69, 9.17) is 4.42 Å². The molecule has 0 fully saturated rings. The lowest BCUT2D eigenvalue weighted by Crippen LogP contribution is -2.44. The summed E-state index contributed by atoms with van der Waals surface area (Å²) >= 11 is 1.59. The normalized spacial score (nSPS) is 13.5. The molecular formula is C20H25IN4O2S. The molecule has 2 heterocycles. The largest absolute Gasteiger partial charge is 0.443 e. The molecule has 8 heteroatoms. The van der Waals surface area contributed by atoms with Gasteiger partial charge in [-0.1, -0.05) is 36.4 Å². The van der Waals surface area contributed by atoms with Gasteiger partial charge in [-0.15, -0.1) is 35.3 Å². The second-order valence-electron chi connectivity index (χ2n) is 6.31. The van der Waals surface area contributed by atoms with E-state index >= 15 is 0 Å². The number of nitrogens with one attached hydrogen (secondary N) is 2. The van der Waals surface area contributed by atoms with Crippen molar-refractivity contribution in [3.8, 4) is 10.8 Å². The third-order valence-corrected chi connectivity index (χ3v) is 4.88. The Bertz CT molecular complexity index is 863. The average Bonchev–Trinajstić information content (AvgIpc) is 3.36. The molecule has 0 saturated carbocycles. The van der Waals surface area contributed by atoms with Crippen molar-refractivity contribution in [3.63, 3.8) is 0 Å². The van der Waals surface area contributed by atoms with Crippen molar-refractivity contribution in [1.29, 1.82) is 0 Å². The Morgan fingerprint density at radius 2 is 2.00 bits per heavy atom. The van der Waals surface area contributed by atoms with E-state index in [1.54, 1.807) is 24.5 Å². The molecule has 0 aliphatic heterocycles. The molecule has 0 radical (unpaired) electrons. The van der Waals surface area contributed by atoms with Gasteiger partial charge in [-0.3, -0.25) is 0 Å². The standard InChI is InChI=1S/C20H24N4O2S.HI/c1-3-21-19(23-14-20(2,25)15-8-5-4-6-9-15)22-12-16-13-26-18(24-16)17-10-7-11-27-17;/h4-11,13,25H,3,12,14H2,1-2H3,(H2,21,22,23);1H. The summed E-state index contributed by atoms with van der Waals surface area (Å²) in [4.78, 5) is 10.0. The number of thiophene rings is 1. The molecule has 150 valence electrons. The minimum atomic E-state index is -1.00. The lowest BCUT2D eigenvalue weighted by atomic mass is 9.96. The number of oxazole rings is 1. The van der Waals surface area contributed by atoms with Crippen molar-refractivity contribution in [3.05, 3.63) is 65.4 Å². The topological polar surface area (TPSA) is 82.7 Å². The molecule has 0 saturated heterocycles. The smallest absolute Gasteiger partial charge is 0.236 e. The Balaban J connectivity index is 0.00000280. The van der Waals surface area contributed by atoms with Crippen LogP contribution in [0.4, 0.5) is 0 Å². The molecule has 1 unspecified atom stereocenters. The Kier molecular flexibility index (Phi) is 8.46. The Morgan fingerprint density at radius 1 is 1.21 bits per heavy atom. The zero-order valence-electron chi connectivity index (χ0n) is 15.9. The number of benzene rings is 1. The predicted molar refractivity (Wildman–Crippen MR) is 124 cm³/mol. The van der Waals surface area contributed by atoms with E-state index in [9.17, 15) is 5.11 Å². The van der Waals surface area contributed by atoms with Crippen LogP contribution >= 0.6 is 35.3 Å². The van der Waals surface area contributed by atoms with E-state index in [1.807, 2.05) is 54.8 Å². The zero-order chi connectivity index (χ0) is 19.1. The van der Waals surface area contributed by atoms with Crippen LogP contribution in [0.15, 0.2) is 63.5 Å². The second kappa shape index (κ2) is 10.6. The number of guanidine groups is 1. The number of rotatable bonds is 7. The van der Waals surface area contributed by atoms with Crippen molar-refractivity contribution in [1.82, 2.24) is 15.6 Å². The quantitative estimate of drug-likeness (QED) is 0.254. The van der Waals surface area contributed by atoms with Crippen LogP contribution in [0.25, 0.3) is 10.8 Å². The first-order valence-corrected chi connectivity index (χ1v) is 9.75. The van der Waals surface area contributed by atoms with Crippen LogP contribution in [-0.2, 0) is 12.1 Å². The third kappa shape index (κ3) is 6.05. The molecule has 0 spiro atoms. The van der Waals surface area contributed by atoms with Gasteiger partial charge < -0.3 is 20.2 Å². The van der Waals surface area contributed by atoms with Crippen molar-refractivity contribution in [2.24, 2.45) is 4.99 Å². The van der Waals surface area contributed by atoms with E-state index < -0.39 is 5.60 Å². The number of hydrogen-bond acceptors (Lipinski definition) is 5. The molecule has 3 aromatic rings. The van der Waals surface area contributed by atoms with E-state index in [-0.39, 0.29) is 24.0 Å². The number of nitrogens with zero attached hydrogens (tertiary/aromatic N) is 2. The monoisotopic (exact) mass is 512 g/mol. The molecule has 1 aromatic carbocycles. The van der Waals surface area contributed by atoms with Gasteiger partial charge in [0.15, 0.2) is 5.96 Å². The molecule has 0 bridgehead atoms. The molecule has 0 aliphatic rings. The van der Waals surface area contributed by atoms with E-state index in [1.165, 1.54) is 0 Å². The van der Waals surface area contributed by atoms with Crippen molar-refractivity contribution < 1.29 is 9.52 Å². The Morgan fingerprint density at radius 3 is 2.68 bits per heavy atom. The first kappa shape index (κ1) is 22.4. The molecule has 28 heavy (non-hydrogen) atoms. The van der Waals surface area contributed by atoms with Gasteiger partial charge in [0, 0.05) is 6.54 Å². The van der Waals surface area contributed by atoms with Gasteiger partial charge in [0.25, 0.3) is 0 Å². The molecule has 0 amide bonds. The van der Waals surface area contributed by atoms with Crippen LogP contribution in [0.1, 0.15) is 25.1 Å². The van der Waals surface area contributed by atoms with Gasteiger partial charge in [-0.2, -0.15) is 0 Å². The lowest BCUT2D eigenvalue weighted by molar-refractivity contribution is 0.0617. The summed E-state index contributed by atoms with van der Waals surface area (Å²) < 4.78 is 5.52. The zero-order valence-corrected chi connectivity index (χ0v) is 19.0. The van der Waals surface area contributed by atoms with Gasteiger partial charge in [0.1, 0.15) is 17.6 Å². The van der Waals surface area contributed by atoms with Gasteiger partial charge in [-0.05, 0) is 30.9 Å². The summed E-state index contributed by atoms with van der Waals surface area (Å²) in [6.07, 6.45) is 1.63. The fourth-order valence-electron chi connectivity index (χ4n) is 2.55. The number of aliphatic imine (C=N–C) groups is 1. The highest BCUT2D eigenvalue weighted by Gasteiger charge is 2.23. The van der Waals surface area contributed by atoms with Crippen molar-refractivity contribution in [2.75, 3.05) is 13.1 Å². The summed E-state index contributed by atoms with van der Waals surface area (Å²) in [5.74, 6) is 1.23. The SMILES string of the molecule is CCNC(=NCc1coc(-c2cccs2)n1)NCC(C)(O)c1ccccc1.I. The molecule has 6 nitrogen and oxygen atoms in total. The van der Waals surface area contributed by atoms with Gasteiger partial charge in [0.05, 0.1) is 18.0 Å². The van der Waals surface area contributed by atoms with Crippen LogP contribution in [0.2, 0.25) is 0 Å². The van der Waals surface area contributed by atoms with Crippen molar-refractivity contribution in [2.45, 2.75) is 26.0 Å². The maximum Gasteiger partial charge on any atom is 0.236 e. The fraction of sp³-hybridized carbons (Fsp3) is 0.300. The van der Waals surface area contributed by atoms with Crippen LogP contribution in [0, 0.1) is 0 Å². The number of halogens is 1. The maximum atomic E-state index is 10.7. The lowest BCUT2D eigenvalue weighted by Gasteiger charge is -2.25. The first-order chi connectivity index (χ1) is 13.1. The summed E-state index contributed by atoms with van der Waals surface area (Å²) in [7, 11) is 0. The van der Waals surface area contributed by atoms with E-state index in [0.29, 0.717) is 24.9 Å². The maximum absolute atomic E-state index is 10.7. The molecule has 2 aromatic heterocycles. The fourth-order valence-corrected chi connectivity index (χ4v) is 3.21. The van der Waals surface area contributed by atoms with E-state index in [0.717, 1.165) is 22.7 Å². The number of hydrogen-bond donors (Lipinski definition) is 3. The number of aliphatic hydroxyl groups is 1. The molecule has 3 N–H and O–H groups in total. The predicted octanol–water partition coefficient (Wildman–Crippen LogP) is 3.98. The summed E-state index contributed by atoms with van der Waals surface area (Å²) in [6, 6.07) is 13.5. The first-order valence-electron chi connectivity index (χ1n) is 8.87. The van der Waals surface area contributed by atoms with Crippen LogP contribution in [-0.4, -0.2) is 29.1 Å². The molecule has 0 aliphatic carbocycles. The molecular weight excluding hydrogens is 487 g/mol. The summed E-state index contributed by atoms with van der Waals surface area (Å²) in [5, 5.41) is 19.1. The second-order valence-corrected chi connectivity index (χ2v) is 7.26. The van der Waals surface area contributed by atoms with Gasteiger partial charge >= 0.3 is 0 Å². The van der Waals surface area contributed by atoms with Gasteiger partial charge in [0.2, 0.25) is 5.89 Å². The number of aromatic nitrogens is 1. The minimum Gasteiger partial charge on any atom is -0.443 e. The Hall–Kier alpha value is -1.91. The summed E-state index contributed by atoms with van der Waals surface area (Å²) in [6.45, 7) is 5.22. The Labute approximate surface area is 186 Å². The molecule has 1 atom stereocenters. The average molecular weight is 512 g/mol. The van der Waals surface area contributed by atoms with Gasteiger partial charge in [-0.25, -0.2) is 9.98 Å². The summed E-state index contributed by atoms with van der Waals surface area (Å²) in [5.41, 5.74) is 0.605. The highest BCUT2D eigenvalue weighted by Crippen LogP contribution is 2.23. The van der Waals surface area contributed by atoms with E-state index in [2.05, 4.69) is 20.6 Å². The third-order valence-electron chi connectivity index (χ3n) is 4.02. The highest BCUT2D eigenvalue weighted by molar-refractivity contribution is 14.0. The van der Waals surface area contributed by atoms with Crippen molar-refractivity contribution >= 4 is 41.3 Å². The minimum absolute atomic E-state index is 0. The van der Waals surface area contributed by atoms with Crippen LogP contribution in [0.5, 0.6) is 0 Å². The highest BCUT2D eigenvalue weighted by atomic mass is 127. The van der Waals surface area contributed by atoms with Crippen LogP contribution < -0.4 is 10.6 Å².